The van der Waals surface area contributed by atoms with E-state index in [0.717, 1.165) is 6.42 Å². The summed E-state index contributed by atoms with van der Waals surface area (Å²) >= 11 is 3.48. The fourth-order valence-corrected chi connectivity index (χ4v) is 1.80. The molecule has 1 aromatic rings. The largest absolute Gasteiger partial charge is 0.486 e. The van der Waals surface area contributed by atoms with Gasteiger partial charge in [-0.2, -0.15) is 0 Å². The molecule has 0 aliphatic carbocycles. The van der Waals surface area contributed by atoms with Crippen LogP contribution in [0.1, 0.15) is 23.7 Å². The van der Waals surface area contributed by atoms with E-state index >= 15 is 0 Å². The van der Waals surface area contributed by atoms with Gasteiger partial charge in [-0.3, -0.25) is 4.79 Å². The lowest BCUT2D eigenvalue weighted by Crippen LogP contribution is -2.29. The van der Waals surface area contributed by atoms with Gasteiger partial charge < -0.3 is 14.8 Å². The Morgan fingerprint density at radius 3 is 2.83 bits per heavy atom. The summed E-state index contributed by atoms with van der Waals surface area (Å²) in [6.45, 7) is 3.76. The van der Waals surface area contributed by atoms with Crippen LogP contribution in [-0.2, 0) is 0 Å². The van der Waals surface area contributed by atoms with Crippen LogP contribution in [0.3, 0.4) is 0 Å². The number of carbonyl (C=O) groups excluding carboxylic acids is 1. The first-order valence-electron chi connectivity index (χ1n) is 6.02. The van der Waals surface area contributed by atoms with Crippen molar-refractivity contribution in [3.63, 3.8) is 0 Å². The van der Waals surface area contributed by atoms with E-state index in [1.807, 2.05) is 0 Å². The quantitative estimate of drug-likeness (QED) is 0.868. The van der Waals surface area contributed by atoms with Crippen molar-refractivity contribution >= 4 is 21.8 Å². The normalized spacial score (nSPS) is 15.0. The van der Waals surface area contributed by atoms with Gasteiger partial charge in [-0.25, -0.2) is 0 Å². The van der Waals surface area contributed by atoms with Crippen LogP contribution in [0.4, 0.5) is 0 Å². The van der Waals surface area contributed by atoms with E-state index in [4.69, 9.17) is 9.47 Å². The molecule has 0 fully saturated rings. The highest BCUT2D eigenvalue weighted by Gasteiger charge is 2.15. The molecule has 1 heterocycles. The topological polar surface area (TPSA) is 47.6 Å². The highest BCUT2D eigenvalue weighted by molar-refractivity contribution is 9.09. The Bertz CT molecular complexity index is 436. The maximum atomic E-state index is 11.9. The average molecular weight is 314 g/mol. The average Bonchev–Trinajstić information content (AvgIpc) is 2.43. The maximum absolute atomic E-state index is 11.9. The summed E-state index contributed by atoms with van der Waals surface area (Å²) in [5, 5.41) is 2.87. The zero-order valence-electron chi connectivity index (χ0n) is 10.2. The summed E-state index contributed by atoms with van der Waals surface area (Å²) in [5.41, 5.74) is 0.593. The minimum atomic E-state index is -0.0927. The fourth-order valence-electron chi connectivity index (χ4n) is 1.63. The first-order valence-corrected chi connectivity index (χ1v) is 6.94. The van der Waals surface area contributed by atoms with Crippen molar-refractivity contribution in [3.8, 4) is 11.5 Å². The van der Waals surface area contributed by atoms with E-state index in [1.165, 1.54) is 0 Å². The predicted octanol–water partition coefficient (Wildman–Crippen LogP) is 2.36. The van der Waals surface area contributed by atoms with Crippen molar-refractivity contribution < 1.29 is 14.3 Å². The van der Waals surface area contributed by atoms with Crippen LogP contribution < -0.4 is 14.8 Å². The zero-order chi connectivity index (χ0) is 13.0. The van der Waals surface area contributed by atoms with Gasteiger partial charge in [-0.05, 0) is 24.6 Å². The molecule has 0 saturated carbocycles. The van der Waals surface area contributed by atoms with E-state index in [2.05, 4.69) is 28.2 Å². The second kappa shape index (κ2) is 6.09. The van der Waals surface area contributed by atoms with Crippen molar-refractivity contribution in [1.29, 1.82) is 0 Å². The predicted molar refractivity (Wildman–Crippen MR) is 72.8 cm³/mol. The molecule has 1 aliphatic rings. The monoisotopic (exact) mass is 313 g/mol. The number of fused-ring (bicyclic) bond motifs is 1. The number of rotatable bonds is 4. The Morgan fingerprint density at radius 2 is 2.11 bits per heavy atom. The van der Waals surface area contributed by atoms with E-state index in [0.29, 0.717) is 41.6 Å². The highest BCUT2D eigenvalue weighted by Crippen LogP contribution is 2.30. The van der Waals surface area contributed by atoms with Gasteiger partial charge in [0.1, 0.15) is 13.2 Å². The van der Waals surface area contributed by atoms with Gasteiger partial charge in [-0.15, -0.1) is 0 Å². The number of hydrogen-bond acceptors (Lipinski definition) is 3. The van der Waals surface area contributed by atoms with Gasteiger partial charge in [-0.1, -0.05) is 22.9 Å². The molecular formula is C13H16BrNO3. The van der Waals surface area contributed by atoms with Gasteiger partial charge in [0.05, 0.1) is 0 Å². The summed E-state index contributed by atoms with van der Waals surface area (Å²) in [4.78, 5) is 12.2. The molecule has 1 unspecified atom stereocenters. The van der Waals surface area contributed by atoms with Crippen molar-refractivity contribution in [2.24, 2.45) is 0 Å². The minimum absolute atomic E-state index is 0.0927. The Kier molecular flexibility index (Phi) is 4.47. The number of nitrogens with one attached hydrogen (secondary N) is 1. The third-order valence-electron chi connectivity index (χ3n) is 2.73. The second-order valence-electron chi connectivity index (χ2n) is 4.07. The van der Waals surface area contributed by atoms with Crippen LogP contribution >= 0.6 is 15.9 Å². The van der Waals surface area contributed by atoms with Crippen LogP contribution in [0.5, 0.6) is 11.5 Å². The minimum Gasteiger partial charge on any atom is -0.486 e. The molecule has 1 aliphatic heterocycles. The van der Waals surface area contributed by atoms with Crippen LogP contribution in [0.25, 0.3) is 0 Å². The highest BCUT2D eigenvalue weighted by atomic mass is 79.9. The molecule has 1 N–H and O–H groups in total. The van der Waals surface area contributed by atoms with Crippen LogP contribution in [-0.4, -0.2) is 30.5 Å². The third-order valence-corrected chi connectivity index (χ3v) is 3.70. The Morgan fingerprint density at radius 1 is 1.39 bits per heavy atom. The molecule has 18 heavy (non-hydrogen) atoms. The van der Waals surface area contributed by atoms with Gasteiger partial charge in [0.15, 0.2) is 11.5 Å². The summed E-state index contributed by atoms with van der Waals surface area (Å²) in [7, 11) is 0. The van der Waals surface area contributed by atoms with Crippen molar-refractivity contribution in [1.82, 2.24) is 5.32 Å². The van der Waals surface area contributed by atoms with Crippen LogP contribution in [0.15, 0.2) is 18.2 Å². The number of ether oxygens (including phenoxy) is 2. The number of benzene rings is 1. The Hall–Kier alpha value is -1.23. The summed E-state index contributed by atoms with van der Waals surface area (Å²) in [6, 6.07) is 5.24. The maximum Gasteiger partial charge on any atom is 0.251 e. The van der Waals surface area contributed by atoms with E-state index in [-0.39, 0.29) is 5.91 Å². The molecule has 2 rings (SSSR count). The molecule has 0 bridgehead atoms. The number of hydrogen-bond donors (Lipinski definition) is 1. The molecule has 0 spiro atoms. The molecular weight excluding hydrogens is 298 g/mol. The number of alkyl halides is 1. The first kappa shape index (κ1) is 13.2. The molecule has 0 radical (unpaired) electrons. The van der Waals surface area contributed by atoms with Gasteiger partial charge in [0.25, 0.3) is 5.91 Å². The molecule has 5 heteroatoms. The number of halogens is 1. The second-order valence-corrected chi connectivity index (χ2v) is 5.37. The fraction of sp³-hybridized carbons (Fsp3) is 0.462. The summed E-state index contributed by atoms with van der Waals surface area (Å²) < 4.78 is 10.9. The molecule has 1 amide bonds. The van der Waals surface area contributed by atoms with Gasteiger partial charge >= 0.3 is 0 Å². The van der Waals surface area contributed by atoms with Crippen molar-refractivity contribution in [3.05, 3.63) is 23.8 Å². The smallest absolute Gasteiger partial charge is 0.251 e. The van der Waals surface area contributed by atoms with Crippen molar-refractivity contribution in [2.45, 2.75) is 18.2 Å². The lowest BCUT2D eigenvalue weighted by atomic mass is 10.2. The molecule has 0 saturated heterocycles. The molecule has 4 nitrogen and oxygen atoms in total. The lowest BCUT2D eigenvalue weighted by molar-refractivity contribution is 0.0952. The Balaban J connectivity index is 2.02. The van der Waals surface area contributed by atoms with E-state index < -0.39 is 0 Å². The van der Waals surface area contributed by atoms with Gasteiger partial charge in [0, 0.05) is 16.9 Å². The van der Waals surface area contributed by atoms with Gasteiger partial charge in [0.2, 0.25) is 0 Å². The SMILES string of the molecule is CCC(Br)CNC(=O)c1ccc2c(c1)OCCO2. The van der Waals surface area contributed by atoms with E-state index in [1.54, 1.807) is 18.2 Å². The molecule has 0 aromatic heterocycles. The van der Waals surface area contributed by atoms with Crippen LogP contribution in [0.2, 0.25) is 0 Å². The lowest BCUT2D eigenvalue weighted by Gasteiger charge is -2.18. The molecule has 98 valence electrons. The van der Waals surface area contributed by atoms with Crippen molar-refractivity contribution in [2.75, 3.05) is 19.8 Å². The first-order chi connectivity index (χ1) is 8.70. The van der Waals surface area contributed by atoms with Crippen LogP contribution in [0, 0.1) is 0 Å². The number of carbonyl (C=O) groups is 1. The third kappa shape index (κ3) is 3.16. The van der Waals surface area contributed by atoms with E-state index in [9.17, 15) is 4.79 Å². The summed E-state index contributed by atoms with van der Waals surface area (Å²) in [5.74, 6) is 1.24. The summed E-state index contributed by atoms with van der Waals surface area (Å²) in [6.07, 6.45) is 0.974. The zero-order valence-corrected chi connectivity index (χ0v) is 11.8. The number of amides is 1. The Labute approximate surface area is 115 Å². The molecule has 1 atom stereocenters. The standard InChI is InChI=1S/C13H16BrNO3/c1-2-10(14)8-15-13(16)9-3-4-11-12(7-9)18-6-5-17-11/h3-4,7,10H,2,5-6,8H2,1H3,(H,15,16). The molecule has 1 aromatic carbocycles.